The average Bonchev–Trinajstić information content (AvgIpc) is 2.64. The Morgan fingerprint density at radius 1 is 0.720 bits per heavy atom. The van der Waals surface area contributed by atoms with Crippen LogP contribution in [0.3, 0.4) is 0 Å². The highest BCUT2D eigenvalue weighted by Gasteiger charge is 2.24. The first-order valence-corrected chi connectivity index (χ1v) is 8.74. The fraction of sp³-hybridized carbons (Fsp3) is 0.217. The molecule has 0 bridgehead atoms. The normalized spacial score (nSPS) is 12.5. The molecule has 0 aliphatic carbocycles. The standard InChI is InChI=1S/C23H25NO/c1-24(17-19-11-5-2-6-12-19)18-22(25)23(20-13-7-3-8-14-20)21-15-9-4-10-16-21/h2-16,22-23,25H,17-18H2,1H3. The van der Waals surface area contributed by atoms with Crippen molar-refractivity contribution in [3.63, 3.8) is 0 Å². The van der Waals surface area contributed by atoms with Crippen molar-refractivity contribution in [2.75, 3.05) is 13.6 Å². The molecule has 2 nitrogen and oxygen atoms in total. The SMILES string of the molecule is CN(Cc1ccccc1)CC(O)C(c1ccccc1)c1ccccc1. The van der Waals surface area contributed by atoms with E-state index in [1.165, 1.54) is 5.56 Å². The molecule has 0 aliphatic rings. The average molecular weight is 331 g/mol. The Morgan fingerprint density at radius 2 is 1.16 bits per heavy atom. The van der Waals surface area contributed by atoms with E-state index in [0.29, 0.717) is 6.54 Å². The molecule has 1 N–H and O–H groups in total. The first-order chi connectivity index (χ1) is 12.2. The number of likely N-dealkylation sites (N-methyl/N-ethyl adjacent to an activating group) is 1. The molecular weight excluding hydrogens is 306 g/mol. The molecule has 0 aromatic heterocycles. The summed E-state index contributed by atoms with van der Waals surface area (Å²) in [7, 11) is 2.06. The predicted molar refractivity (Wildman–Crippen MR) is 104 cm³/mol. The number of rotatable bonds is 7. The number of aliphatic hydroxyl groups excluding tert-OH is 1. The molecule has 0 fully saturated rings. The van der Waals surface area contributed by atoms with Gasteiger partial charge >= 0.3 is 0 Å². The van der Waals surface area contributed by atoms with Crippen molar-refractivity contribution < 1.29 is 5.11 Å². The van der Waals surface area contributed by atoms with Crippen LogP contribution in [0.5, 0.6) is 0 Å². The van der Waals surface area contributed by atoms with Crippen molar-refractivity contribution in [1.29, 1.82) is 0 Å². The van der Waals surface area contributed by atoms with Crippen LogP contribution in [0.1, 0.15) is 22.6 Å². The molecule has 128 valence electrons. The van der Waals surface area contributed by atoms with Gasteiger partial charge in [0, 0.05) is 19.0 Å². The third-order valence-electron chi connectivity index (χ3n) is 4.50. The summed E-state index contributed by atoms with van der Waals surface area (Å²) in [5.74, 6) is -0.0272. The molecule has 1 atom stereocenters. The van der Waals surface area contributed by atoms with Crippen LogP contribution in [0.4, 0.5) is 0 Å². The number of benzene rings is 3. The molecule has 2 heteroatoms. The second kappa shape index (κ2) is 8.61. The van der Waals surface area contributed by atoms with Crippen molar-refractivity contribution in [1.82, 2.24) is 4.90 Å². The highest BCUT2D eigenvalue weighted by molar-refractivity contribution is 5.33. The lowest BCUT2D eigenvalue weighted by Gasteiger charge is -2.28. The van der Waals surface area contributed by atoms with Crippen LogP contribution in [0.25, 0.3) is 0 Å². The Bertz CT molecular complexity index is 703. The van der Waals surface area contributed by atoms with Crippen molar-refractivity contribution in [3.8, 4) is 0 Å². The first-order valence-electron chi connectivity index (χ1n) is 8.74. The van der Waals surface area contributed by atoms with E-state index in [2.05, 4.69) is 60.5 Å². The van der Waals surface area contributed by atoms with Gasteiger partial charge in [-0.2, -0.15) is 0 Å². The molecule has 0 saturated heterocycles. The maximum absolute atomic E-state index is 11.0. The molecule has 0 heterocycles. The molecule has 0 radical (unpaired) electrons. The van der Waals surface area contributed by atoms with E-state index >= 15 is 0 Å². The highest BCUT2D eigenvalue weighted by atomic mass is 16.3. The van der Waals surface area contributed by atoms with Gasteiger partial charge < -0.3 is 5.11 Å². The zero-order chi connectivity index (χ0) is 17.5. The lowest BCUT2D eigenvalue weighted by atomic mass is 9.86. The molecular formula is C23H25NO. The highest BCUT2D eigenvalue weighted by Crippen LogP contribution is 2.28. The lowest BCUT2D eigenvalue weighted by molar-refractivity contribution is 0.108. The maximum atomic E-state index is 11.0. The van der Waals surface area contributed by atoms with Crippen molar-refractivity contribution in [2.24, 2.45) is 0 Å². The quantitative estimate of drug-likeness (QED) is 0.697. The van der Waals surface area contributed by atoms with E-state index in [9.17, 15) is 5.11 Å². The van der Waals surface area contributed by atoms with Crippen molar-refractivity contribution in [3.05, 3.63) is 108 Å². The number of hydrogen-bond acceptors (Lipinski definition) is 2. The van der Waals surface area contributed by atoms with Crippen LogP contribution in [0, 0.1) is 0 Å². The van der Waals surface area contributed by atoms with Gasteiger partial charge in [-0.1, -0.05) is 91.0 Å². The molecule has 0 amide bonds. The molecule has 3 rings (SSSR count). The van der Waals surface area contributed by atoms with Crippen molar-refractivity contribution in [2.45, 2.75) is 18.6 Å². The van der Waals surface area contributed by atoms with Crippen LogP contribution in [0.2, 0.25) is 0 Å². The third kappa shape index (κ3) is 4.79. The molecule has 25 heavy (non-hydrogen) atoms. The number of hydrogen-bond donors (Lipinski definition) is 1. The lowest BCUT2D eigenvalue weighted by Crippen LogP contribution is -2.33. The van der Waals surface area contributed by atoms with Gasteiger partial charge in [0.2, 0.25) is 0 Å². The molecule has 1 unspecified atom stereocenters. The van der Waals surface area contributed by atoms with Gasteiger partial charge in [-0.15, -0.1) is 0 Å². The van der Waals surface area contributed by atoms with Gasteiger partial charge in [0.05, 0.1) is 6.10 Å². The summed E-state index contributed by atoms with van der Waals surface area (Å²) in [5, 5.41) is 11.0. The summed E-state index contributed by atoms with van der Waals surface area (Å²) in [6.07, 6.45) is -0.474. The summed E-state index contributed by atoms with van der Waals surface area (Å²) >= 11 is 0. The Labute approximate surface area is 150 Å². The molecule has 0 spiro atoms. The zero-order valence-corrected chi connectivity index (χ0v) is 14.6. The Hall–Kier alpha value is -2.42. The van der Waals surface area contributed by atoms with Gasteiger partial charge in [-0.05, 0) is 23.7 Å². The van der Waals surface area contributed by atoms with E-state index in [0.717, 1.165) is 17.7 Å². The molecule has 3 aromatic carbocycles. The third-order valence-corrected chi connectivity index (χ3v) is 4.50. The second-order valence-electron chi connectivity index (χ2n) is 6.55. The minimum atomic E-state index is -0.474. The van der Waals surface area contributed by atoms with Crippen LogP contribution in [-0.2, 0) is 6.54 Å². The molecule has 0 aliphatic heterocycles. The Balaban J connectivity index is 1.76. The van der Waals surface area contributed by atoms with E-state index in [1.54, 1.807) is 0 Å². The van der Waals surface area contributed by atoms with Gasteiger partial charge in [0.15, 0.2) is 0 Å². The second-order valence-corrected chi connectivity index (χ2v) is 6.55. The number of aliphatic hydroxyl groups is 1. The monoisotopic (exact) mass is 331 g/mol. The van der Waals surface area contributed by atoms with Crippen LogP contribution in [-0.4, -0.2) is 29.7 Å². The van der Waals surface area contributed by atoms with Gasteiger partial charge in [-0.25, -0.2) is 0 Å². The van der Waals surface area contributed by atoms with E-state index < -0.39 is 6.10 Å². The maximum Gasteiger partial charge on any atom is 0.0776 e. The topological polar surface area (TPSA) is 23.5 Å². The molecule has 0 saturated carbocycles. The minimum absolute atomic E-state index is 0.0272. The smallest absolute Gasteiger partial charge is 0.0776 e. The fourth-order valence-corrected chi connectivity index (χ4v) is 3.34. The van der Waals surface area contributed by atoms with E-state index in [-0.39, 0.29) is 5.92 Å². The zero-order valence-electron chi connectivity index (χ0n) is 14.6. The summed E-state index contributed by atoms with van der Waals surface area (Å²) in [6, 6.07) is 30.9. The minimum Gasteiger partial charge on any atom is -0.391 e. The van der Waals surface area contributed by atoms with E-state index in [1.807, 2.05) is 42.5 Å². The van der Waals surface area contributed by atoms with Crippen LogP contribution in [0.15, 0.2) is 91.0 Å². The van der Waals surface area contributed by atoms with E-state index in [4.69, 9.17) is 0 Å². The van der Waals surface area contributed by atoms with Crippen molar-refractivity contribution >= 4 is 0 Å². The molecule has 3 aromatic rings. The predicted octanol–water partition coefficient (Wildman–Crippen LogP) is 4.31. The van der Waals surface area contributed by atoms with Gasteiger partial charge in [0.25, 0.3) is 0 Å². The van der Waals surface area contributed by atoms with Crippen LogP contribution >= 0.6 is 0 Å². The summed E-state index contributed by atoms with van der Waals surface area (Å²) in [4.78, 5) is 2.18. The van der Waals surface area contributed by atoms with Crippen LogP contribution < -0.4 is 0 Å². The first kappa shape index (κ1) is 17.4. The largest absolute Gasteiger partial charge is 0.391 e. The summed E-state index contributed by atoms with van der Waals surface area (Å²) in [6.45, 7) is 1.44. The number of nitrogens with zero attached hydrogens (tertiary/aromatic N) is 1. The van der Waals surface area contributed by atoms with Gasteiger partial charge in [-0.3, -0.25) is 4.90 Å². The Kier molecular flexibility index (Phi) is 5.99. The fourth-order valence-electron chi connectivity index (χ4n) is 3.34. The summed E-state index contributed by atoms with van der Waals surface area (Å²) < 4.78 is 0. The summed E-state index contributed by atoms with van der Waals surface area (Å²) in [5.41, 5.74) is 3.55. The van der Waals surface area contributed by atoms with Gasteiger partial charge in [0.1, 0.15) is 0 Å². The Morgan fingerprint density at radius 3 is 1.64 bits per heavy atom.